The molecule has 24 heavy (non-hydrogen) atoms. The fraction of sp³-hybridized carbons (Fsp3) is 0.250. The smallest absolute Gasteiger partial charge is 0.296 e. The molecule has 3 aromatic rings. The Kier molecular flexibility index (Phi) is 3.57. The van der Waals surface area contributed by atoms with Crippen LogP contribution >= 0.6 is 11.6 Å². The standard InChI is InChI=1S/C16H15ClN6O/c1-22-9-8-13(20-22)18-16(24)14-19-15(10-6-7-10)23(21-14)12-5-3-2-4-11(12)17/h2-5,8-10H,6-7H2,1H3,(H,18,20,24). The average Bonchev–Trinajstić information content (AvgIpc) is 3.18. The molecule has 1 saturated carbocycles. The highest BCUT2D eigenvalue weighted by Crippen LogP contribution is 2.40. The number of nitrogens with one attached hydrogen (secondary N) is 1. The second-order valence-corrected chi connectivity index (χ2v) is 6.17. The van der Waals surface area contributed by atoms with Crippen molar-refractivity contribution in [2.75, 3.05) is 5.32 Å². The summed E-state index contributed by atoms with van der Waals surface area (Å²) in [6, 6.07) is 9.11. The zero-order valence-electron chi connectivity index (χ0n) is 13.0. The second-order valence-electron chi connectivity index (χ2n) is 5.76. The predicted octanol–water partition coefficient (Wildman–Crippen LogP) is 2.78. The van der Waals surface area contributed by atoms with E-state index in [1.807, 2.05) is 18.2 Å². The summed E-state index contributed by atoms with van der Waals surface area (Å²) in [6.45, 7) is 0. The van der Waals surface area contributed by atoms with E-state index in [1.54, 1.807) is 34.7 Å². The lowest BCUT2D eigenvalue weighted by Crippen LogP contribution is -2.15. The van der Waals surface area contributed by atoms with E-state index < -0.39 is 0 Å². The molecule has 1 aliphatic carbocycles. The van der Waals surface area contributed by atoms with Gasteiger partial charge in [-0.15, -0.1) is 5.10 Å². The minimum atomic E-state index is -0.388. The van der Waals surface area contributed by atoms with Crippen LogP contribution in [0.25, 0.3) is 5.69 Å². The summed E-state index contributed by atoms with van der Waals surface area (Å²) in [6.07, 6.45) is 3.84. The van der Waals surface area contributed by atoms with Crippen LogP contribution in [0, 0.1) is 0 Å². The summed E-state index contributed by atoms with van der Waals surface area (Å²) in [7, 11) is 1.78. The number of carbonyl (C=O) groups is 1. The van der Waals surface area contributed by atoms with Crippen molar-refractivity contribution in [3.63, 3.8) is 0 Å². The summed E-state index contributed by atoms with van der Waals surface area (Å²) < 4.78 is 3.29. The van der Waals surface area contributed by atoms with Gasteiger partial charge in [-0.05, 0) is 25.0 Å². The third-order valence-corrected chi connectivity index (χ3v) is 4.13. The van der Waals surface area contributed by atoms with Crippen LogP contribution in [0.1, 0.15) is 35.2 Å². The fourth-order valence-electron chi connectivity index (χ4n) is 2.48. The molecule has 0 unspecified atom stereocenters. The van der Waals surface area contributed by atoms with Crippen molar-refractivity contribution in [3.05, 3.63) is 53.2 Å². The quantitative estimate of drug-likeness (QED) is 0.790. The molecule has 1 aromatic carbocycles. The van der Waals surface area contributed by atoms with Crippen molar-refractivity contribution in [3.8, 4) is 5.69 Å². The van der Waals surface area contributed by atoms with Crippen molar-refractivity contribution in [2.45, 2.75) is 18.8 Å². The molecule has 1 amide bonds. The van der Waals surface area contributed by atoms with Gasteiger partial charge >= 0.3 is 0 Å². The Bertz CT molecular complexity index is 911. The van der Waals surface area contributed by atoms with Crippen molar-refractivity contribution in [1.29, 1.82) is 0 Å². The van der Waals surface area contributed by atoms with Crippen LogP contribution in [-0.4, -0.2) is 30.5 Å². The average molecular weight is 343 g/mol. The maximum absolute atomic E-state index is 12.4. The van der Waals surface area contributed by atoms with Gasteiger partial charge in [0.25, 0.3) is 5.91 Å². The molecule has 0 spiro atoms. The number of hydrogen-bond acceptors (Lipinski definition) is 4. The highest BCUT2D eigenvalue weighted by atomic mass is 35.5. The van der Waals surface area contributed by atoms with Crippen molar-refractivity contribution < 1.29 is 4.79 Å². The summed E-state index contributed by atoms with van der Waals surface area (Å²) in [4.78, 5) is 16.9. The van der Waals surface area contributed by atoms with Crippen LogP contribution in [-0.2, 0) is 7.05 Å². The van der Waals surface area contributed by atoms with Gasteiger partial charge in [0.05, 0.1) is 10.7 Å². The van der Waals surface area contributed by atoms with E-state index in [0.29, 0.717) is 16.8 Å². The molecule has 122 valence electrons. The number of para-hydroxylation sites is 1. The van der Waals surface area contributed by atoms with Gasteiger partial charge in [0, 0.05) is 25.2 Å². The summed E-state index contributed by atoms with van der Waals surface area (Å²) >= 11 is 6.28. The number of amides is 1. The van der Waals surface area contributed by atoms with Gasteiger partial charge < -0.3 is 5.32 Å². The molecular weight excluding hydrogens is 328 g/mol. The highest BCUT2D eigenvalue weighted by Gasteiger charge is 2.32. The second kappa shape index (κ2) is 5.76. The first-order valence-corrected chi connectivity index (χ1v) is 8.02. The molecule has 8 heteroatoms. The first kappa shape index (κ1) is 14.9. The highest BCUT2D eigenvalue weighted by molar-refractivity contribution is 6.32. The van der Waals surface area contributed by atoms with Crippen LogP contribution < -0.4 is 5.32 Å². The van der Waals surface area contributed by atoms with Gasteiger partial charge in [0.1, 0.15) is 5.82 Å². The van der Waals surface area contributed by atoms with Crippen LogP contribution in [0.15, 0.2) is 36.5 Å². The monoisotopic (exact) mass is 342 g/mol. The Hall–Kier alpha value is -2.67. The lowest BCUT2D eigenvalue weighted by molar-refractivity contribution is 0.101. The normalized spacial score (nSPS) is 13.9. The number of aryl methyl sites for hydroxylation is 1. The minimum Gasteiger partial charge on any atom is -0.302 e. The van der Waals surface area contributed by atoms with Gasteiger partial charge in [-0.2, -0.15) is 5.10 Å². The molecule has 7 nitrogen and oxygen atoms in total. The minimum absolute atomic E-state index is 0.113. The van der Waals surface area contributed by atoms with Gasteiger partial charge in [0.2, 0.25) is 5.82 Å². The molecule has 0 saturated heterocycles. The SMILES string of the molecule is Cn1ccc(NC(=O)c2nc(C3CC3)n(-c3ccccc3Cl)n2)n1. The number of hydrogen-bond donors (Lipinski definition) is 1. The van der Waals surface area contributed by atoms with Crippen molar-refractivity contribution in [2.24, 2.45) is 7.05 Å². The summed E-state index contributed by atoms with van der Waals surface area (Å²) in [5, 5.41) is 11.8. The van der Waals surface area contributed by atoms with E-state index in [4.69, 9.17) is 11.6 Å². The Balaban J connectivity index is 1.69. The van der Waals surface area contributed by atoms with Gasteiger partial charge in [0.15, 0.2) is 5.82 Å². The van der Waals surface area contributed by atoms with Crippen LogP contribution in [0.3, 0.4) is 0 Å². The van der Waals surface area contributed by atoms with Crippen LogP contribution in [0.2, 0.25) is 5.02 Å². The number of halogens is 1. The van der Waals surface area contributed by atoms with E-state index in [1.165, 1.54) is 0 Å². The Morgan fingerprint density at radius 3 is 2.71 bits per heavy atom. The molecule has 1 fully saturated rings. The predicted molar refractivity (Wildman–Crippen MR) is 89.5 cm³/mol. The van der Waals surface area contributed by atoms with E-state index in [2.05, 4.69) is 20.5 Å². The lowest BCUT2D eigenvalue weighted by atomic mass is 10.3. The van der Waals surface area contributed by atoms with Crippen molar-refractivity contribution >= 4 is 23.3 Å². The Morgan fingerprint density at radius 1 is 1.25 bits per heavy atom. The molecule has 0 atom stereocenters. The fourth-order valence-corrected chi connectivity index (χ4v) is 2.70. The first-order valence-electron chi connectivity index (χ1n) is 7.64. The first-order chi connectivity index (χ1) is 11.6. The Morgan fingerprint density at radius 2 is 2.04 bits per heavy atom. The summed E-state index contributed by atoms with van der Waals surface area (Å²) in [5.41, 5.74) is 0.727. The maximum Gasteiger partial charge on any atom is 0.296 e. The van der Waals surface area contributed by atoms with Gasteiger partial charge in [-0.1, -0.05) is 23.7 Å². The zero-order chi connectivity index (χ0) is 16.7. The number of carbonyl (C=O) groups excluding carboxylic acids is 1. The molecule has 4 rings (SSSR count). The molecule has 2 heterocycles. The number of aromatic nitrogens is 5. The van der Waals surface area contributed by atoms with E-state index >= 15 is 0 Å². The zero-order valence-corrected chi connectivity index (χ0v) is 13.7. The maximum atomic E-state index is 12.4. The molecule has 1 N–H and O–H groups in total. The molecular formula is C16H15ClN6O. The summed E-state index contributed by atoms with van der Waals surface area (Å²) in [5.74, 6) is 1.29. The molecule has 2 aromatic heterocycles. The number of rotatable bonds is 4. The molecule has 0 radical (unpaired) electrons. The van der Waals surface area contributed by atoms with Crippen LogP contribution in [0.4, 0.5) is 5.82 Å². The van der Waals surface area contributed by atoms with E-state index in [-0.39, 0.29) is 11.7 Å². The number of benzene rings is 1. The number of nitrogens with zero attached hydrogens (tertiary/aromatic N) is 5. The largest absolute Gasteiger partial charge is 0.302 e. The third-order valence-electron chi connectivity index (χ3n) is 3.81. The van der Waals surface area contributed by atoms with E-state index in [9.17, 15) is 4.79 Å². The van der Waals surface area contributed by atoms with Gasteiger partial charge in [-0.3, -0.25) is 9.48 Å². The van der Waals surface area contributed by atoms with Crippen molar-refractivity contribution in [1.82, 2.24) is 24.5 Å². The van der Waals surface area contributed by atoms with Gasteiger partial charge in [-0.25, -0.2) is 9.67 Å². The third kappa shape index (κ3) is 2.78. The topological polar surface area (TPSA) is 77.6 Å². The van der Waals surface area contributed by atoms with Crippen LogP contribution in [0.5, 0.6) is 0 Å². The Labute approximate surface area is 143 Å². The number of anilines is 1. The molecule has 1 aliphatic rings. The molecule has 0 aliphatic heterocycles. The molecule has 0 bridgehead atoms. The van der Waals surface area contributed by atoms with E-state index in [0.717, 1.165) is 24.4 Å². The lowest BCUT2D eigenvalue weighted by Gasteiger charge is -2.06.